The van der Waals surface area contributed by atoms with Crippen molar-refractivity contribution in [2.45, 2.75) is 25.7 Å². The molecule has 0 aromatic carbocycles. The van der Waals surface area contributed by atoms with Crippen molar-refractivity contribution in [1.29, 1.82) is 0 Å². The number of aliphatic carboxylic acids is 1. The summed E-state index contributed by atoms with van der Waals surface area (Å²) in [5.74, 6) is -1.53. The Balaban J connectivity index is 2.59. The van der Waals surface area contributed by atoms with Crippen molar-refractivity contribution >= 4 is 11.9 Å². The average molecular weight is 273 g/mol. The molecule has 1 aliphatic rings. The van der Waals surface area contributed by atoms with Crippen LogP contribution in [0.15, 0.2) is 0 Å². The summed E-state index contributed by atoms with van der Waals surface area (Å²) in [4.78, 5) is 24.9. The fourth-order valence-electron chi connectivity index (χ4n) is 2.55. The van der Waals surface area contributed by atoms with Crippen LogP contribution in [0.5, 0.6) is 0 Å². The third-order valence-electron chi connectivity index (χ3n) is 3.62. The van der Waals surface area contributed by atoms with Gasteiger partial charge in [-0.25, -0.2) is 0 Å². The van der Waals surface area contributed by atoms with Crippen LogP contribution in [0.25, 0.3) is 0 Å². The summed E-state index contributed by atoms with van der Waals surface area (Å²) in [5.41, 5.74) is 0. The number of aliphatic hydroxyl groups is 1. The minimum atomic E-state index is -0.817. The standard InChI is InChI=1S/C13H23NO5/c1-19-8-6-14(5-7-15)12(16)10-3-2-4-11(9-10)13(17)18/h10-11,15H,2-9H2,1H3,(H,17,18). The number of carboxylic acid groups (broad SMARTS) is 1. The van der Waals surface area contributed by atoms with E-state index in [0.717, 1.165) is 12.8 Å². The van der Waals surface area contributed by atoms with E-state index in [0.29, 0.717) is 26.0 Å². The van der Waals surface area contributed by atoms with Gasteiger partial charge < -0.3 is 19.8 Å². The van der Waals surface area contributed by atoms with Gasteiger partial charge in [0.1, 0.15) is 0 Å². The number of nitrogens with zero attached hydrogens (tertiary/aromatic N) is 1. The van der Waals surface area contributed by atoms with E-state index < -0.39 is 11.9 Å². The molecule has 0 spiro atoms. The number of carboxylic acids is 1. The summed E-state index contributed by atoms with van der Waals surface area (Å²) in [6.45, 7) is 1.03. The van der Waals surface area contributed by atoms with Gasteiger partial charge in [0.2, 0.25) is 5.91 Å². The van der Waals surface area contributed by atoms with E-state index in [1.54, 1.807) is 12.0 Å². The van der Waals surface area contributed by atoms with E-state index in [2.05, 4.69) is 0 Å². The minimum Gasteiger partial charge on any atom is -0.481 e. The highest BCUT2D eigenvalue weighted by Crippen LogP contribution is 2.30. The predicted molar refractivity (Wildman–Crippen MR) is 68.6 cm³/mol. The van der Waals surface area contributed by atoms with Gasteiger partial charge >= 0.3 is 5.97 Å². The number of methoxy groups -OCH3 is 1. The molecule has 6 heteroatoms. The smallest absolute Gasteiger partial charge is 0.306 e. The minimum absolute atomic E-state index is 0.0583. The summed E-state index contributed by atoms with van der Waals surface area (Å²) in [7, 11) is 1.56. The molecule has 0 saturated heterocycles. The largest absolute Gasteiger partial charge is 0.481 e. The Bertz CT molecular complexity index is 307. The zero-order chi connectivity index (χ0) is 14.3. The molecule has 0 radical (unpaired) electrons. The number of hydrogen-bond donors (Lipinski definition) is 2. The number of rotatable bonds is 7. The van der Waals surface area contributed by atoms with Crippen LogP contribution in [0, 0.1) is 11.8 Å². The normalized spacial score (nSPS) is 23.1. The first-order valence-electron chi connectivity index (χ1n) is 6.71. The quantitative estimate of drug-likeness (QED) is 0.698. The zero-order valence-electron chi connectivity index (χ0n) is 11.4. The molecule has 1 aliphatic carbocycles. The van der Waals surface area contributed by atoms with E-state index in [1.807, 2.05) is 0 Å². The maximum atomic E-state index is 12.3. The second kappa shape index (κ2) is 8.12. The Hall–Kier alpha value is -1.14. The molecule has 2 N–H and O–H groups in total. The van der Waals surface area contributed by atoms with Crippen molar-refractivity contribution in [3.8, 4) is 0 Å². The van der Waals surface area contributed by atoms with Crippen LogP contribution >= 0.6 is 0 Å². The van der Waals surface area contributed by atoms with Crippen LogP contribution in [0.3, 0.4) is 0 Å². The molecule has 1 fully saturated rings. The van der Waals surface area contributed by atoms with Crippen molar-refractivity contribution in [1.82, 2.24) is 4.90 Å². The van der Waals surface area contributed by atoms with Gasteiger partial charge in [0.05, 0.1) is 19.1 Å². The van der Waals surface area contributed by atoms with Crippen LogP contribution in [0.4, 0.5) is 0 Å². The zero-order valence-corrected chi connectivity index (χ0v) is 11.4. The monoisotopic (exact) mass is 273 g/mol. The highest BCUT2D eigenvalue weighted by atomic mass is 16.5. The van der Waals surface area contributed by atoms with Gasteiger partial charge in [-0.3, -0.25) is 9.59 Å². The SMILES string of the molecule is COCCN(CCO)C(=O)C1CCCC(C(=O)O)C1. The van der Waals surface area contributed by atoms with Crippen molar-refractivity contribution in [2.24, 2.45) is 11.8 Å². The fraction of sp³-hybridized carbons (Fsp3) is 0.846. The van der Waals surface area contributed by atoms with Gasteiger partial charge in [-0.2, -0.15) is 0 Å². The van der Waals surface area contributed by atoms with E-state index in [9.17, 15) is 9.59 Å². The van der Waals surface area contributed by atoms with Crippen molar-refractivity contribution in [3.05, 3.63) is 0 Å². The Kier molecular flexibility index (Phi) is 6.80. The molecular formula is C13H23NO5. The molecule has 1 saturated carbocycles. The van der Waals surface area contributed by atoms with Gasteiger partial charge in [0.25, 0.3) is 0 Å². The highest BCUT2D eigenvalue weighted by Gasteiger charge is 2.33. The van der Waals surface area contributed by atoms with E-state index in [4.69, 9.17) is 14.9 Å². The first kappa shape index (κ1) is 15.9. The molecular weight excluding hydrogens is 250 g/mol. The Morgan fingerprint density at radius 3 is 2.53 bits per heavy atom. The third-order valence-corrected chi connectivity index (χ3v) is 3.62. The molecule has 2 atom stereocenters. The molecule has 6 nitrogen and oxygen atoms in total. The molecule has 110 valence electrons. The van der Waals surface area contributed by atoms with Crippen LogP contribution in [-0.4, -0.2) is 60.4 Å². The van der Waals surface area contributed by atoms with Crippen LogP contribution < -0.4 is 0 Å². The number of hydrogen-bond acceptors (Lipinski definition) is 4. The number of carbonyl (C=O) groups is 2. The van der Waals surface area contributed by atoms with Crippen LogP contribution in [0.1, 0.15) is 25.7 Å². The summed E-state index contributed by atoms with van der Waals surface area (Å²) < 4.78 is 4.95. The van der Waals surface area contributed by atoms with Crippen molar-refractivity contribution in [2.75, 3.05) is 33.4 Å². The molecule has 1 rings (SSSR count). The molecule has 1 amide bonds. The second-order valence-electron chi connectivity index (χ2n) is 4.94. The van der Waals surface area contributed by atoms with Crippen LogP contribution in [0.2, 0.25) is 0 Å². The molecule has 19 heavy (non-hydrogen) atoms. The summed E-state index contributed by atoms with van der Waals surface area (Å²) in [5, 5.41) is 18.0. The Labute approximate surface area is 113 Å². The first-order valence-corrected chi connectivity index (χ1v) is 6.71. The summed E-state index contributed by atoms with van der Waals surface area (Å²) in [6.07, 6.45) is 2.56. The maximum absolute atomic E-state index is 12.3. The van der Waals surface area contributed by atoms with Gasteiger partial charge in [0, 0.05) is 26.1 Å². The summed E-state index contributed by atoms with van der Waals surface area (Å²) in [6, 6.07) is 0. The molecule has 0 aliphatic heterocycles. The first-order chi connectivity index (χ1) is 9.10. The number of aliphatic hydroxyl groups excluding tert-OH is 1. The Morgan fingerprint density at radius 2 is 1.95 bits per heavy atom. The van der Waals surface area contributed by atoms with Crippen molar-refractivity contribution < 1.29 is 24.5 Å². The molecule has 2 unspecified atom stereocenters. The molecule has 0 aromatic heterocycles. The predicted octanol–water partition coefficient (Wildman–Crippen LogP) is 0.345. The number of ether oxygens (including phenoxy) is 1. The van der Waals surface area contributed by atoms with Gasteiger partial charge in [0.15, 0.2) is 0 Å². The van der Waals surface area contributed by atoms with Gasteiger partial charge in [-0.15, -0.1) is 0 Å². The molecule has 0 bridgehead atoms. The number of amides is 1. The number of carbonyl (C=O) groups excluding carboxylic acids is 1. The lowest BCUT2D eigenvalue weighted by Gasteiger charge is -2.31. The molecule has 0 heterocycles. The highest BCUT2D eigenvalue weighted by molar-refractivity contribution is 5.80. The average Bonchev–Trinajstić information content (AvgIpc) is 2.42. The second-order valence-corrected chi connectivity index (χ2v) is 4.94. The topological polar surface area (TPSA) is 87.1 Å². The van der Waals surface area contributed by atoms with E-state index >= 15 is 0 Å². The third kappa shape index (κ3) is 4.80. The van der Waals surface area contributed by atoms with E-state index in [1.165, 1.54) is 0 Å². The fourth-order valence-corrected chi connectivity index (χ4v) is 2.55. The van der Waals surface area contributed by atoms with Crippen LogP contribution in [-0.2, 0) is 14.3 Å². The lowest BCUT2D eigenvalue weighted by atomic mass is 9.80. The lowest BCUT2D eigenvalue weighted by Crippen LogP contribution is -2.42. The van der Waals surface area contributed by atoms with Gasteiger partial charge in [-0.1, -0.05) is 6.42 Å². The van der Waals surface area contributed by atoms with Crippen molar-refractivity contribution in [3.63, 3.8) is 0 Å². The summed E-state index contributed by atoms with van der Waals surface area (Å²) >= 11 is 0. The lowest BCUT2D eigenvalue weighted by molar-refractivity contribution is -0.145. The molecule has 0 aromatic rings. The Morgan fingerprint density at radius 1 is 1.26 bits per heavy atom. The van der Waals surface area contributed by atoms with Gasteiger partial charge in [-0.05, 0) is 19.3 Å². The van der Waals surface area contributed by atoms with E-state index in [-0.39, 0.29) is 25.0 Å². The maximum Gasteiger partial charge on any atom is 0.306 e.